The summed E-state index contributed by atoms with van der Waals surface area (Å²) in [6, 6.07) is 8.00. The highest BCUT2D eigenvalue weighted by molar-refractivity contribution is 5.82. The Kier molecular flexibility index (Phi) is 6.80. The molecule has 1 fully saturated rings. The largest absolute Gasteiger partial charge is 0.331 e. The van der Waals surface area contributed by atoms with E-state index >= 15 is 0 Å². The zero-order valence-corrected chi connectivity index (χ0v) is 19.4. The number of carbonyl (C=O) groups excluding carboxylic acids is 1. The summed E-state index contributed by atoms with van der Waals surface area (Å²) >= 11 is 0. The van der Waals surface area contributed by atoms with Crippen LogP contribution in [0.1, 0.15) is 76.2 Å². The van der Waals surface area contributed by atoms with Crippen LogP contribution in [0.2, 0.25) is 0 Å². The normalized spacial score (nSPS) is 21.5. The predicted molar refractivity (Wildman–Crippen MR) is 125 cm³/mol. The molecule has 0 bridgehead atoms. The Balaban J connectivity index is 1.67. The molecule has 168 valence electrons. The van der Waals surface area contributed by atoms with Crippen molar-refractivity contribution in [3.63, 3.8) is 0 Å². The third-order valence-electron chi connectivity index (χ3n) is 7.59. The van der Waals surface area contributed by atoms with Crippen LogP contribution in [0.3, 0.4) is 0 Å². The minimum Gasteiger partial charge on any atom is -0.331 e. The molecule has 1 aromatic heterocycles. The van der Waals surface area contributed by atoms with Crippen LogP contribution in [0.5, 0.6) is 0 Å². The molecule has 0 radical (unpaired) electrons. The van der Waals surface area contributed by atoms with Crippen molar-refractivity contribution in [2.24, 2.45) is 17.6 Å². The number of carbonyl (C=O) groups is 1. The Hall–Kier alpha value is -2.14. The van der Waals surface area contributed by atoms with Gasteiger partial charge in [0.1, 0.15) is 5.82 Å². The number of hydrogen-bond acceptors (Lipinski definition) is 3. The number of imidazole rings is 1. The molecule has 0 unspecified atom stereocenters. The fourth-order valence-electron chi connectivity index (χ4n) is 5.30. The van der Waals surface area contributed by atoms with Crippen molar-refractivity contribution in [1.29, 1.82) is 0 Å². The van der Waals surface area contributed by atoms with Gasteiger partial charge in [-0.2, -0.15) is 0 Å². The SMILES string of the molecule is CC[C@H](C)[C@H](N)C(=O)N1CCn2cc(-c3ccccc3C)nc2[C@@H]1CC1CCCCC1. The highest BCUT2D eigenvalue weighted by Gasteiger charge is 2.37. The molecular formula is C26H38N4O. The number of fused-ring (bicyclic) bond motifs is 1. The number of hydrogen-bond donors (Lipinski definition) is 1. The van der Waals surface area contributed by atoms with E-state index in [-0.39, 0.29) is 17.9 Å². The van der Waals surface area contributed by atoms with Crippen molar-refractivity contribution < 1.29 is 4.79 Å². The van der Waals surface area contributed by atoms with Gasteiger partial charge in [-0.25, -0.2) is 4.98 Å². The number of amides is 1. The minimum atomic E-state index is -0.434. The van der Waals surface area contributed by atoms with E-state index < -0.39 is 6.04 Å². The van der Waals surface area contributed by atoms with Crippen molar-refractivity contribution in [1.82, 2.24) is 14.5 Å². The summed E-state index contributed by atoms with van der Waals surface area (Å²) in [7, 11) is 0. The van der Waals surface area contributed by atoms with Crippen molar-refractivity contribution in [3.8, 4) is 11.3 Å². The Morgan fingerprint density at radius 1 is 1.19 bits per heavy atom. The number of nitrogens with zero attached hydrogens (tertiary/aromatic N) is 3. The molecule has 2 N–H and O–H groups in total. The quantitative estimate of drug-likeness (QED) is 0.705. The second-order valence-electron chi connectivity index (χ2n) is 9.69. The maximum absolute atomic E-state index is 13.5. The highest BCUT2D eigenvalue weighted by atomic mass is 16.2. The lowest BCUT2D eigenvalue weighted by molar-refractivity contribution is -0.138. The van der Waals surface area contributed by atoms with E-state index in [4.69, 9.17) is 10.7 Å². The molecule has 4 rings (SSSR count). The van der Waals surface area contributed by atoms with Gasteiger partial charge in [-0.3, -0.25) is 4.79 Å². The number of nitrogens with two attached hydrogens (primary N) is 1. The molecule has 1 saturated carbocycles. The lowest BCUT2D eigenvalue weighted by Gasteiger charge is -2.40. The summed E-state index contributed by atoms with van der Waals surface area (Å²) < 4.78 is 2.29. The number of benzene rings is 1. The first kappa shape index (κ1) is 22.1. The average molecular weight is 423 g/mol. The van der Waals surface area contributed by atoms with Gasteiger partial charge < -0.3 is 15.2 Å². The van der Waals surface area contributed by atoms with E-state index in [9.17, 15) is 4.79 Å². The van der Waals surface area contributed by atoms with Gasteiger partial charge in [-0.05, 0) is 30.7 Å². The van der Waals surface area contributed by atoms with Gasteiger partial charge in [0.25, 0.3) is 0 Å². The number of rotatable bonds is 6. The van der Waals surface area contributed by atoms with Crippen LogP contribution in [-0.4, -0.2) is 32.9 Å². The molecule has 2 heterocycles. The topological polar surface area (TPSA) is 64.2 Å². The van der Waals surface area contributed by atoms with Crippen LogP contribution in [-0.2, 0) is 11.3 Å². The van der Waals surface area contributed by atoms with Gasteiger partial charge in [0.15, 0.2) is 0 Å². The smallest absolute Gasteiger partial charge is 0.240 e. The lowest BCUT2D eigenvalue weighted by Crippen LogP contribution is -2.51. The van der Waals surface area contributed by atoms with E-state index in [0.717, 1.165) is 37.4 Å². The van der Waals surface area contributed by atoms with Crippen LogP contribution in [0.4, 0.5) is 0 Å². The maximum atomic E-state index is 13.5. The zero-order chi connectivity index (χ0) is 22.0. The highest BCUT2D eigenvalue weighted by Crippen LogP contribution is 2.38. The fourth-order valence-corrected chi connectivity index (χ4v) is 5.30. The summed E-state index contributed by atoms with van der Waals surface area (Å²) in [5.74, 6) is 1.99. The first-order valence-corrected chi connectivity index (χ1v) is 12.2. The van der Waals surface area contributed by atoms with Gasteiger partial charge in [0, 0.05) is 24.8 Å². The van der Waals surface area contributed by atoms with Crippen molar-refractivity contribution in [3.05, 3.63) is 41.9 Å². The Morgan fingerprint density at radius 3 is 2.65 bits per heavy atom. The molecule has 1 amide bonds. The van der Waals surface area contributed by atoms with Crippen LogP contribution >= 0.6 is 0 Å². The van der Waals surface area contributed by atoms with Crippen molar-refractivity contribution in [2.45, 2.75) is 84.3 Å². The molecular weight excluding hydrogens is 384 g/mol. The number of aromatic nitrogens is 2. The molecule has 2 aliphatic rings. The Bertz CT molecular complexity index is 899. The van der Waals surface area contributed by atoms with E-state index in [1.54, 1.807) is 0 Å². The van der Waals surface area contributed by atoms with Gasteiger partial charge in [-0.1, -0.05) is 76.6 Å². The molecule has 1 aliphatic heterocycles. The average Bonchev–Trinajstić information content (AvgIpc) is 3.23. The van der Waals surface area contributed by atoms with E-state index in [1.165, 1.54) is 43.2 Å². The van der Waals surface area contributed by atoms with E-state index in [2.05, 4.69) is 60.7 Å². The van der Waals surface area contributed by atoms with Gasteiger partial charge >= 0.3 is 0 Å². The Labute approximate surface area is 187 Å². The van der Waals surface area contributed by atoms with Crippen LogP contribution in [0, 0.1) is 18.8 Å². The molecule has 31 heavy (non-hydrogen) atoms. The van der Waals surface area contributed by atoms with Crippen LogP contribution in [0.25, 0.3) is 11.3 Å². The molecule has 3 atom stereocenters. The second-order valence-corrected chi connectivity index (χ2v) is 9.69. The molecule has 0 saturated heterocycles. The summed E-state index contributed by atoms with van der Waals surface area (Å²) in [6.07, 6.45) is 10.6. The van der Waals surface area contributed by atoms with Gasteiger partial charge in [0.2, 0.25) is 5.91 Å². The Morgan fingerprint density at radius 2 is 1.94 bits per heavy atom. The monoisotopic (exact) mass is 422 g/mol. The third kappa shape index (κ3) is 4.57. The maximum Gasteiger partial charge on any atom is 0.240 e. The third-order valence-corrected chi connectivity index (χ3v) is 7.59. The standard InChI is InChI=1S/C26H38N4O/c1-4-18(2)24(27)26(31)30-15-14-29-17-22(21-13-9-8-10-19(21)3)28-25(29)23(30)16-20-11-6-5-7-12-20/h8-10,13,17-18,20,23-24H,4-7,11-12,14-16,27H2,1-3H3/t18-,23-,24-/m0/s1. The summed E-state index contributed by atoms with van der Waals surface area (Å²) in [5.41, 5.74) is 9.84. The molecule has 1 aromatic carbocycles. The van der Waals surface area contributed by atoms with Crippen molar-refractivity contribution >= 4 is 5.91 Å². The molecule has 2 aromatic rings. The molecule has 5 heteroatoms. The van der Waals surface area contributed by atoms with E-state index in [0.29, 0.717) is 5.92 Å². The van der Waals surface area contributed by atoms with Crippen LogP contribution in [0.15, 0.2) is 30.5 Å². The van der Waals surface area contributed by atoms with Crippen LogP contribution < -0.4 is 5.73 Å². The first-order chi connectivity index (χ1) is 15.0. The zero-order valence-electron chi connectivity index (χ0n) is 19.4. The molecule has 0 spiro atoms. The van der Waals surface area contributed by atoms with Crippen molar-refractivity contribution in [2.75, 3.05) is 6.54 Å². The summed E-state index contributed by atoms with van der Waals surface area (Å²) in [4.78, 5) is 20.6. The predicted octanol–water partition coefficient (Wildman–Crippen LogP) is 5.09. The first-order valence-electron chi connectivity index (χ1n) is 12.2. The minimum absolute atomic E-state index is 0.0252. The lowest BCUT2D eigenvalue weighted by atomic mass is 9.83. The number of aryl methyl sites for hydroxylation is 1. The van der Waals surface area contributed by atoms with E-state index in [1.807, 2.05) is 0 Å². The molecule has 5 nitrogen and oxygen atoms in total. The molecule has 1 aliphatic carbocycles. The summed E-state index contributed by atoms with van der Waals surface area (Å²) in [5, 5.41) is 0. The fraction of sp³-hybridized carbons (Fsp3) is 0.615. The second kappa shape index (κ2) is 9.56. The van der Waals surface area contributed by atoms with Gasteiger partial charge in [-0.15, -0.1) is 0 Å². The summed E-state index contributed by atoms with van der Waals surface area (Å²) in [6.45, 7) is 7.83. The van der Waals surface area contributed by atoms with Gasteiger partial charge in [0.05, 0.1) is 17.8 Å².